The van der Waals surface area contributed by atoms with Gasteiger partial charge in [0.25, 0.3) is 10.2 Å². The lowest BCUT2D eigenvalue weighted by molar-refractivity contribution is -0.120. The van der Waals surface area contributed by atoms with E-state index in [0.29, 0.717) is 19.4 Å². The van der Waals surface area contributed by atoms with E-state index in [1.54, 1.807) is 0 Å². The van der Waals surface area contributed by atoms with Crippen LogP contribution in [0.2, 0.25) is 0 Å². The molecule has 1 atom stereocenters. The fourth-order valence-corrected chi connectivity index (χ4v) is 3.55. The Balaban J connectivity index is 2.03. The monoisotopic (exact) mass is 311 g/mol. The molecule has 1 amide bonds. The maximum atomic E-state index is 12.3. The first-order valence-corrected chi connectivity index (χ1v) is 8.34. The van der Waals surface area contributed by atoms with Crippen molar-refractivity contribution in [2.24, 2.45) is 5.92 Å². The van der Waals surface area contributed by atoms with Crippen LogP contribution in [0.4, 0.5) is 5.69 Å². The van der Waals surface area contributed by atoms with Crippen molar-refractivity contribution in [3.8, 4) is 0 Å². The van der Waals surface area contributed by atoms with Crippen molar-refractivity contribution in [1.82, 2.24) is 8.61 Å². The molecule has 1 aliphatic rings. The van der Waals surface area contributed by atoms with Gasteiger partial charge < -0.3 is 5.32 Å². The summed E-state index contributed by atoms with van der Waals surface area (Å²) in [5.74, 6) is -0.437. The quantitative estimate of drug-likeness (QED) is 0.906. The third kappa shape index (κ3) is 3.81. The van der Waals surface area contributed by atoms with E-state index >= 15 is 0 Å². The first-order chi connectivity index (χ1) is 9.91. The van der Waals surface area contributed by atoms with Crippen LogP contribution in [0.1, 0.15) is 12.8 Å². The summed E-state index contributed by atoms with van der Waals surface area (Å²) in [6.45, 7) is 0.703. The van der Waals surface area contributed by atoms with Gasteiger partial charge in [0, 0.05) is 32.9 Å². The molecule has 0 radical (unpaired) electrons. The summed E-state index contributed by atoms with van der Waals surface area (Å²) >= 11 is 0. The van der Waals surface area contributed by atoms with Crippen molar-refractivity contribution in [2.75, 3.05) is 32.5 Å². The maximum Gasteiger partial charge on any atom is 0.281 e. The van der Waals surface area contributed by atoms with E-state index < -0.39 is 10.2 Å². The molecule has 1 N–H and O–H groups in total. The molecule has 1 aromatic carbocycles. The van der Waals surface area contributed by atoms with Gasteiger partial charge in [-0.1, -0.05) is 18.2 Å². The van der Waals surface area contributed by atoms with Crippen LogP contribution >= 0.6 is 0 Å². The molecule has 1 fully saturated rings. The molecule has 0 saturated carbocycles. The van der Waals surface area contributed by atoms with Gasteiger partial charge in [-0.15, -0.1) is 0 Å². The van der Waals surface area contributed by atoms with Crippen molar-refractivity contribution in [2.45, 2.75) is 12.8 Å². The van der Waals surface area contributed by atoms with E-state index in [2.05, 4.69) is 5.32 Å². The van der Waals surface area contributed by atoms with Crippen molar-refractivity contribution in [1.29, 1.82) is 0 Å². The summed E-state index contributed by atoms with van der Waals surface area (Å²) in [5, 5.41) is 2.84. The lowest BCUT2D eigenvalue weighted by Crippen LogP contribution is -2.47. The molecule has 2 rings (SSSR count). The Labute approximate surface area is 125 Å². The molecular weight excluding hydrogens is 290 g/mol. The molecule has 1 saturated heterocycles. The summed E-state index contributed by atoms with van der Waals surface area (Å²) in [4.78, 5) is 12.3. The standard InChI is InChI=1S/C14H21N3O3S/c1-16(2)21(19,20)17-10-6-7-12(11-17)14(18)15-13-8-4-3-5-9-13/h3-5,8-9,12H,6-7,10-11H2,1-2H3,(H,15,18)/t12-/m1/s1. The second-order valence-corrected chi connectivity index (χ2v) is 7.48. The number of carbonyl (C=O) groups excluding carboxylic acids is 1. The average Bonchev–Trinajstić information content (AvgIpc) is 2.48. The van der Waals surface area contributed by atoms with E-state index in [9.17, 15) is 13.2 Å². The van der Waals surface area contributed by atoms with E-state index in [1.165, 1.54) is 22.7 Å². The van der Waals surface area contributed by atoms with Crippen molar-refractivity contribution in [3.63, 3.8) is 0 Å². The van der Waals surface area contributed by atoms with Crippen LogP contribution in [0.3, 0.4) is 0 Å². The van der Waals surface area contributed by atoms with Gasteiger partial charge in [-0.2, -0.15) is 17.0 Å². The number of carbonyl (C=O) groups is 1. The Bertz CT molecular complexity index is 587. The SMILES string of the molecule is CN(C)S(=O)(=O)N1CCC[C@@H](C(=O)Nc2ccccc2)C1. The van der Waals surface area contributed by atoms with Crippen molar-refractivity contribution in [3.05, 3.63) is 30.3 Å². The highest BCUT2D eigenvalue weighted by atomic mass is 32.2. The average molecular weight is 311 g/mol. The number of rotatable bonds is 4. The number of benzene rings is 1. The largest absolute Gasteiger partial charge is 0.326 e. The summed E-state index contributed by atoms with van der Waals surface area (Å²) in [5.41, 5.74) is 0.732. The number of anilines is 1. The van der Waals surface area contributed by atoms with Crippen LogP contribution in [0.5, 0.6) is 0 Å². The molecule has 1 aliphatic heterocycles. The number of para-hydroxylation sites is 1. The third-order valence-electron chi connectivity index (χ3n) is 3.58. The molecule has 1 heterocycles. The zero-order chi connectivity index (χ0) is 15.5. The lowest BCUT2D eigenvalue weighted by Gasteiger charge is -2.32. The highest BCUT2D eigenvalue weighted by molar-refractivity contribution is 7.86. The first-order valence-electron chi connectivity index (χ1n) is 6.95. The summed E-state index contributed by atoms with van der Waals surface area (Å²) in [6.07, 6.45) is 1.40. The molecule has 0 spiro atoms. The predicted molar refractivity (Wildman–Crippen MR) is 82.0 cm³/mol. The Morgan fingerprint density at radius 1 is 1.29 bits per heavy atom. The molecule has 0 aliphatic carbocycles. The van der Waals surface area contributed by atoms with E-state index in [4.69, 9.17) is 0 Å². The molecule has 0 unspecified atom stereocenters. The first kappa shape index (κ1) is 15.9. The number of hydrogen-bond donors (Lipinski definition) is 1. The Kier molecular flexibility index (Phi) is 4.97. The Hall–Kier alpha value is -1.44. The van der Waals surface area contributed by atoms with Crippen LogP contribution in [-0.4, -0.2) is 50.1 Å². The molecule has 116 valence electrons. The van der Waals surface area contributed by atoms with Gasteiger partial charge in [0.2, 0.25) is 5.91 Å². The second-order valence-electron chi connectivity index (χ2n) is 5.34. The van der Waals surface area contributed by atoms with Gasteiger partial charge in [-0.05, 0) is 25.0 Å². The van der Waals surface area contributed by atoms with E-state index in [0.717, 1.165) is 5.69 Å². The zero-order valence-corrected chi connectivity index (χ0v) is 13.1. The van der Waals surface area contributed by atoms with Gasteiger partial charge in [0.1, 0.15) is 0 Å². The van der Waals surface area contributed by atoms with Crippen LogP contribution in [0.15, 0.2) is 30.3 Å². The van der Waals surface area contributed by atoms with Gasteiger partial charge >= 0.3 is 0 Å². The second kappa shape index (κ2) is 6.55. The van der Waals surface area contributed by atoms with Crippen LogP contribution in [0, 0.1) is 5.92 Å². The molecule has 7 heteroatoms. The minimum absolute atomic E-state index is 0.125. The molecule has 1 aromatic rings. The topological polar surface area (TPSA) is 69.7 Å². The molecule has 21 heavy (non-hydrogen) atoms. The Morgan fingerprint density at radius 3 is 2.57 bits per heavy atom. The number of amides is 1. The molecule has 0 bridgehead atoms. The normalized spacial score (nSPS) is 20.4. The smallest absolute Gasteiger partial charge is 0.281 e. The number of piperidine rings is 1. The van der Waals surface area contributed by atoms with Crippen LogP contribution < -0.4 is 5.32 Å². The zero-order valence-electron chi connectivity index (χ0n) is 12.3. The van der Waals surface area contributed by atoms with Gasteiger partial charge in [-0.25, -0.2) is 0 Å². The number of nitrogens with one attached hydrogen (secondary N) is 1. The van der Waals surface area contributed by atoms with E-state index in [-0.39, 0.29) is 18.4 Å². The highest BCUT2D eigenvalue weighted by Crippen LogP contribution is 2.21. The van der Waals surface area contributed by atoms with Gasteiger partial charge in [-0.3, -0.25) is 4.79 Å². The lowest BCUT2D eigenvalue weighted by atomic mass is 9.99. The summed E-state index contributed by atoms with van der Waals surface area (Å²) < 4.78 is 26.8. The van der Waals surface area contributed by atoms with Gasteiger partial charge in [0.15, 0.2) is 0 Å². The predicted octanol–water partition coefficient (Wildman–Crippen LogP) is 1.14. The third-order valence-corrected chi connectivity index (χ3v) is 5.49. The molecule has 6 nitrogen and oxygen atoms in total. The van der Waals surface area contributed by atoms with Gasteiger partial charge in [0.05, 0.1) is 5.92 Å². The highest BCUT2D eigenvalue weighted by Gasteiger charge is 2.33. The number of hydrogen-bond acceptors (Lipinski definition) is 3. The van der Waals surface area contributed by atoms with E-state index in [1.807, 2.05) is 30.3 Å². The fourth-order valence-electron chi connectivity index (χ4n) is 2.36. The van der Waals surface area contributed by atoms with Crippen LogP contribution in [0.25, 0.3) is 0 Å². The van der Waals surface area contributed by atoms with Crippen molar-refractivity contribution < 1.29 is 13.2 Å². The maximum absolute atomic E-state index is 12.3. The van der Waals surface area contributed by atoms with Crippen LogP contribution in [-0.2, 0) is 15.0 Å². The molecular formula is C14H21N3O3S. The molecule has 0 aromatic heterocycles. The summed E-state index contributed by atoms with van der Waals surface area (Å²) in [7, 11) is -0.447. The Morgan fingerprint density at radius 2 is 1.95 bits per heavy atom. The summed E-state index contributed by atoms with van der Waals surface area (Å²) in [6, 6.07) is 9.20. The van der Waals surface area contributed by atoms with Crippen molar-refractivity contribution >= 4 is 21.8 Å². The fraction of sp³-hybridized carbons (Fsp3) is 0.500. The minimum Gasteiger partial charge on any atom is -0.326 e. The minimum atomic E-state index is -3.45. The number of nitrogens with zero attached hydrogens (tertiary/aromatic N) is 2.